The van der Waals surface area contributed by atoms with Gasteiger partial charge < -0.3 is 10.2 Å². The Morgan fingerprint density at radius 1 is 1.26 bits per heavy atom. The largest absolute Gasteiger partial charge is 0.367 e. The fourth-order valence-corrected chi connectivity index (χ4v) is 2.46. The van der Waals surface area contributed by atoms with Gasteiger partial charge in [0.15, 0.2) is 17.5 Å². The second-order valence-electron chi connectivity index (χ2n) is 6.90. The van der Waals surface area contributed by atoms with Crippen molar-refractivity contribution < 1.29 is 4.39 Å². The Bertz CT molecular complexity index is 661. The van der Waals surface area contributed by atoms with Crippen molar-refractivity contribution in [2.75, 3.05) is 29.9 Å². The van der Waals surface area contributed by atoms with Crippen LogP contribution in [0.1, 0.15) is 26.5 Å². The van der Waals surface area contributed by atoms with Crippen LogP contribution in [0.3, 0.4) is 0 Å². The number of nitrogens with one attached hydrogen (secondary N) is 1. The number of hydrogen-bond acceptors (Lipinski definition) is 6. The van der Waals surface area contributed by atoms with Gasteiger partial charge in [-0.3, -0.25) is 0 Å². The predicted octanol–water partition coefficient (Wildman–Crippen LogP) is 2.25. The third-order valence-electron chi connectivity index (χ3n) is 3.93. The maximum atomic E-state index is 13.4. The third kappa shape index (κ3) is 3.55. The summed E-state index contributed by atoms with van der Waals surface area (Å²) in [5, 5.41) is 11.6. The molecule has 0 aliphatic carbocycles. The number of anilines is 2. The van der Waals surface area contributed by atoms with E-state index in [-0.39, 0.29) is 11.2 Å². The summed E-state index contributed by atoms with van der Waals surface area (Å²) in [7, 11) is 0. The number of aromatic nitrogens is 4. The van der Waals surface area contributed by atoms with Gasteiger partial charge in [-0.05, 0) is 12.1 Å². The van der Waals surface area contributed by atoms with Crippen LogP contribution in [0, 0.1) is 11.7 Å². The lowest BCUT2D eigenvalue weighted by molar-refractivity contribution is 0.423. The zero-order chi connectivity index (χ0) is 16.4. The highest BCUT2D eigenvalue weighted by molar-refractivity contribution is 5.42. The van der Waals surface area contributed by atoms with Crippen LogP contribution in [0.5, 0.6) is 0 Å². The predicted molar refractivity (Wildman–Crippen MR) is 86.9 cm³/mol. The monoisotopic (exact) mass is 316 g/mol. The van der Waals surface area contributed by atoms with Crippen LogP contribution in [0.25, 0.3) is 0 Å². The van der Waals surface area contributed by atoms with E-state index in [2.05, 4.69) is 51.2 Å². The molecule has 3 rings (SSSR count). The number of rotatable bonds is 4. The SMILES string of the molecule is CC(C)(C)c1ccc(N2CC(CNc3ncncc3F)C2)nn1. The Hall–Kier alpha value is -2.31. The molecule has 1 aliphatic heterocycles. The van der Waals surface area contributed by atoms with Crippen LogP contribution in [-0.4, -0.2) is 39.8 Å². The van der Waals surface area contributed by atoms with Crippen molar-refractivity contribution in [1.82, 2.24) is 20.2 Å². The summed E-state index contributed by atoms with van der Waals surface area (Å²) in [6.07, 6.45) is 2.50. The van der Waals surface area contributed by atoms with Gasteiger partial charge >= 0.3 is 0 Å². The molecule has 0 amide bonds. The molecule has 0 radical (unpaired) electrons. The Kier molecular flexibility index (Phi) is 4.11. The molecule has 23 heavy (non-hydrogen) atoms. The smallest absolute Gasteiger partial charge is 0.183 e. The van der Waals surface area contributed by atoms with Crippen molar-refractivity contribution in [2.45, 2.75) is 26.2 Å². The summed E-state index contributed by atoms with van der Waals surface area (Å²) in [5.41, 5.74) is 0.994. The maximum absolute atomic E-state index is 13.4. The van der Waals surface area contributed by atoms with Crippen molar-refractivity contribution in [3.8, 4) is 0 Å². The molecule has 2 aromatic heterocycles. The summed E-state index contributed by atoms with van der Waals surface area (Å²) in [6.45, 7) is 8.79. The van der Waals surface area contributed by atoms with Gasteiger partial charge in [0.1, 0.15) is 6.33 Å². The van der Waals surface area contributed by atoms with Gasteiger partial charge in [0.05, 0.1) is 11.9 Å². The van der Waals surface area contributed by atoms with Gasteiger partial charge in [0.2, 0.25) is 0 Å². The molecule has 0 bridgehead atoms. The van der Waals surface area contributed by atoms with E-state index < -0.39 is 5.82 Å². The van der Waals surface area contributed by atoms with E-state index in [1.165, 1.54) is 6.33 Å². The van der Waals surface area contributed by atoms with Gasteiger partial charge in [-0.25, -0.2) is 14.4 Å². The molecule has 0 saturated carbocycles. The van der Waals surface area contributed by atoms with E-state index in [0.29, 0.717) is 12.5 Å². The zero-order valence-corrected chi connectivity index (χ0v) is 13.6. The van der Waals surface area contributed by atoms with Crippen molar-refractivity contribution in [3.63, 3.8) is 0 Å². The lowest BCUT2D eigenvalue weighted by atomic mass is 9.92. The molecule has 0 unspecified atom stereocenters. The summed E-state index contributed by atoms with van der Waals surface area (Å²) in [5.74, 6) is 1.16. The van der Waals surface area contributed by atoms with Gasteiger partial charge in [-0.15, -0.1) is 5.10 Å². The topological polar surface area (TPSA) is 66.8 Å². The first-order valence-electron chi connectivity index (χ1n) is 7.72. The Labute approximate surface area is 135 Å². The normalized spacial score (nSPS) is 15.4. The lowest BCUT2D eigenvalue weighted by Gasteiger charge is -2.40. The van der Waals surface area contributed by atoms with Crippen molar-refractivity contribution in [3.05, 3.63) is 36.2 Å². The number of hydrogen-bond donors (Lipinski definition) is 1. The first-order chi connectivity index (χ1) is 10.9. The molecule has 1 fully saturated rings. The fourth-order valence-electron chi connectivity index (χ4n) is 2.46. The summed E-state index contributed by atoms with van der Waals surface area (Å²) >= 11 is 0. The van der Waals surface area contributed by atoms with E-state index in [4.69, 9.17) is 0 Å². The molecule has 122 valence electrons. The Morgan fingerprint density at radius 2 is 2.04 bits per heavy atom. The van der Waals surface area contributed by atoms with Crippen LogP contribution < -0.4 is 10.2 Å². The molecule has 0 aromatic carbocycles. The zero-order valence-electron chi connectivity index (χ0n) is 13.6. The molecule has 0 atom stereocenters. The van der Waals surface area contributed by atoms with Gasteiger partial charge in [0, 0.05) is 31.0 Å². The van der Waals surface area contributed by atoms with Gasteiger partial charge in [0.25, 0.3) is 0 Å². The summed E-state index contributed by atoms with van der Waals surface area (Å²) in [6, 6.07) is 4.05. The van der Waals surface area contributed by atoms with Crippen LogP contribution in [0.2, 0.25) is 0 Å². The average Bonchev–Trinajstić information content (AvgIpc) is 2.47. The Morgan fingerprint density at radius 3 is 2.65 bits per heavy atom. The maximum Gasteiger partial charge on any atom is 0.183 e. The average molecular weight is 316 g/mol. The highest BCUT2D eigenvalue weighted by Crippen LogP contribution is 2.25. The molecular formula is C16H21FN6. The molecule has 2 aromatic rings. The van der Waals surface area contributed by atoms with Crippen molar-refractivity contribution >= 4 is 11.6 Å². The molecule has 7 heteroatoms. The minimum atomic E-state index is -0.424. The summed E-state index contributed by atoms with van der Waals surface area (Å²) in [4.78, 5) is 9.69. The first-order valence-corrected chi connectivity index (χ1v) is 7.72. The van der Waals surface area contributed by atoms with Crippen LogP contribution in [0.15, 0.2) is 24.7 Å². The molecular weight excluding hydrogens is 295 g/mol. The van der Waals surface area contributed by atoms with Crippen LogP contribution >= 0.6 is 0 Å². The molecule has 0 spiro atoms. The quantitative estimate of drug-likeness (QED) is 0.933. The van der Waals surface area contributed by atoms with Crippen LogP contribution in [0.4, 0.5) is 16.0 Å². The van der Waals surface area contributed by atoms with Crippen LogP contribution in [-0.2, 0) is 5.41 Å². The van der Waals surface area contributed by atoms with E-state index in [9.17, 15) is 4.39 Å². The first kappa shape index (κ1) is 15.6. The minimum Gasteiger partial charge on any atom is -0.367 e. The fraction of sp³-hybridized carbons (Fsp3) is 0.500. The minimum absolute atomic E-state index is 0.00848. The van der Waals surface area contributed by atoms with E-state index in [1.807, 2.05) is 12.1 Å². The van der Waals surface area contributed by atoms with E-state index in [1.54, 1.807) is 0 Å². The number of nitrogens with zero attached hydrogens (tertiary/aromatic N) is 5. The van der Waals surface area contributed by atoms with Crippen molar-refractivity contribution in [2.24, 2.45) is 5.92 Å². The molecule has 1 aliphatic rings. The second kappa shape index (κ2) is 6.06. The van der Waals surface area contributed by atoms with Gasteiger partial charge in [-0.1, -0.05) is 20.8 Å². The molecule has 1 saturated heterocycles. The van der Waals surface area contributed by atoms with Gasteiger partial charge in [-0.2, -0.15) is 5.10 Å². The second-order valence-corrected chi connectivity index (χ2v) is 6.90. The van der Waals surface area contributed by atoms with E-state index >= 15 is 0 Å². The Balaban J connectivity index is 1.50. The molecule has 1 N–H and O–H groups in total. The van der Waals surface area contributed by atoms with E-state index in [0.717, 1.165) is 30.8 Å². The summed E-state index contributed by atoms with van der Waals surface area (Å²) < 4.78 is 13.4. The third-order valence-corrected chi connectivity index (χ3v) is 3.93. The highest BCUT2D eigenvalue weighted by Gasteiger charge is 2.28. The lowest BCUT2D eigenvalue weighted by Crippen LogP contribution is -2.50. The molecule has 6 nitrogen and oxygen atoms in total. The van der Waals surface area contributed by atoms with Crippen molar-refractivity contribution in [1.29, 1.82) is 0 Å². The highest BCUT2D eigenvalue weighted by atomic mass is 19.1. The standard InChI is InChI=1S/C16H21FN6/c1-16(2,3)13-4-5-14(22-21-13)23-8-11(9-23)6-19-15-12(17)7-18-10-20-15/h4-5,7,10-11H,6,8-9H2,1-3H3,(H,18,19,20). The number of halogens is 1. The molecule has 3 heterocycles.